The van der Waals surface area contributed by atoms with E-state index in [9.17, 15) is 9.18 Å². The Balaban J connectivity index is 2.36. The number of rotatable bonds is 4. The van der Waals surface area contributed by atoms with Crippen LogP contribution in [0.25, 0.3) is 0 Å². The van der Waals surface area contributed by atoms with Crippen LogP contribution in [0.4, 0.5) is 15.9 Å². The van der Waals surface area contributed by atoms with Crippen LogP contribution in [-0.4, -0.2) is 16.1 Å². The van der Waals surface area contributed by atoms with E-state index < -0.39 is 5.82 Å². The first-order valence-electron chi connectivity index (χ1n) is 6.15. The van der Waals surface area contributed by atoms with Crippen LogP contribution in [-0.2, 0) is 0 Å². The maximum atomic E-state index is 13.8. The minimum atomic E-state index is -0.542. The highest BCUT2D eigenvalue weighted by atomic mass is 32.2. The van der Waals surface area contributed by atoms with Crippen LogP contribution >= 0.6 is 11.8 Å². The number of H-pyrrole nitrogens is 1. The molecule has 0 spiro atoms. The third kappa shape index (κ3) is 3.88. The summed E-state index contributed by atoms with van der Waals surface area (Å²) in [5, 5.41) is 0.272. The van der Waals surface area contributed by atoms with Gasteiger partial charge in [-0.25, -0.2) is 9.37 Å². The highest BCUT2D eigenvalue weighted by Gasteiger charge is 2.13. The Labute approximate surface area is 124 Å². The van der Waals surface area contributed by atoms with Crippen LogP contribution < -0.4 is 21.8 Å². The molecule has 0 unspecified atom stereocenters. The Hall–Kier alpha value is -2.22. The van der Waals surface area contributed by atoms with Gasteiger partial charge in [-0.2, -0.15) is 0 Å². The molecule has 2 aromatic rings. The molecule has 2 rings (SSSR count). The second-order valence-corrected chi connectivity index (χ2v) is 5.60. The van der Waals surface area contributed by atoms with Gasteiger partial charge >= 0.3 is 0 Å². The van der Waals surface area contributed by atoms with Gasteiger partial charge in [0.15, 0.2) is 16.7 Å². The summed E-state index contributed by atoms with van der Waals surface area (Å²) in [6, 6.07) is 3.81. The van der Waals surface area contributed by atoms with Gasteiger partial charge in [0.25, 0.3) is 5.56 Å². The summed E-state index contributed by atoms with van der Waals surface area (Å²) >= 11 is 1.07. The Morgan fingerprint density at radius 3 is 2.67 bits per heavy atom. The number of aromatic nitrogens is 2. The minimum absolute atomic E-state index is 0.0907. The van der Waals surface area contributed by atoms with Gasteiger partial charge in [-0.1, -0.05) is 0 Å². The lowest BCUT2D eigenvalue weighted by atomic mass is 10.3. The van der Waals surface area contributed by atoms with Crippen LogP contribution in [0.3, 0.4) is 0 Å². The van der Waals surface area contributed by atoms with E-state index in [1.165, 1.54) is 18.2 Å². The topological polar surface area (TPSA) is 107 Å². The molecule has 0 amide bonds. The average molecular weight is 310 g/mol. The van der Waals surface area contributed by atoms with Crippen molar-refractivity contribution in [1.82, 2.24) is 9.97 Å². The van der Waals surface area contributed by atoms with E-state index in [0.717, 1.165) is 11.8 Å². The van der Waals surface area contributed by atoms with Crippen LogP contribution in [0.1, 0.15) is 13.8 Å². The van der Waals surface area contributed by atoms with Crippen molar-refractivity contribution >= 4 is 23.3 Å². The molecular formula is C13H15FN4O2S. The van der Waals surface area contributed by atoms with Gasteiger partial charge < -0.3 is 21.2 Å². The summed E-state index contributed by atoms with van der Waals surface area (Å²) in [5.41, 5.74) is 11.1. The Morgan fingerprint density at radius 1 is 1.33 bits per heavy atom. The molecule has 0 radical (unpaired) electrons. The molecule has 0 fully saturated rings. The second kappa shape index (κ2) is 6.04. The Bertz CT molecular complexity index is 718. The van der Waals surface area contributed by atoms with Crippen molar-refractivity contribution in [2.45, 2.75) is 30.0 Å². The van der Waals surface area contributed by atoms with Gasteiger partial charge in [0.2, 0.25) is 0 Å². The van der Waals surface area contributed by atoms with E-state index in [1.54, 1.807) is 13.8 Å². The van der Waals surface area contributed by atoms with Crippen molar-refractivity contribution in [3.05, 3.63) is 34.4 Å². The van der Waals surface area contributed by atoms with Gasteiger partial charge in [-0.15, -0.1) is 0 Å². The molecule has 0 aliphatic rings. The summed E-state index contributed by atoms with van der Waals surface area (Å²) in [6.45, 7) is 3.58. The zero-order valence-corrected chi connectivity index (χ0v) is 12.3. The van der Waals surface area contributed by atoms with Crippen LogP contribution in [0.5, 0.6) is 5.75 Å². The van der Waals surface area contributed by atoms with Crippen molar-refractivity contribution in [3.63, 3.8) is 0 Å². The molecule has 1 aromatic heterocycles. The molecule has 8 heteroatoms. The smallest absolute Gasteiger partial charge is 0.253 e. The molecule has 0 atom stereocenters. The number of benzene rings is 1. The number of nitrogens with zero attached hydrogens (tertiary/aromatic N) is 1. The number of aromatic amines is 1. The third-order valence-electron chi connectivity index (χ3n) is 2.37. The fraction of sp³-hybridized carbons (Fsp3) is 0.231. The highest BCUT2D eigenvalue weighted by Crippen LogP contribution is 2.34. The Morgan fingerprint density at radius 2 is 2.05 bits per heavy atom. The standard InChI is InChI=1S/C13H15FN4O2S/c1-6(2)20-9-4-10(8(15)3-7(9)14)21-13-17-11(16)5-12(19)18-13/h3-6H,15H2,1-2H3,(H3,16,17,18,19). The average Bonchev–Trinajstić information content (AvgIpc) is 2.33. The van der Waals surface area contributed by atoms with Gasteiger partial charge in [-0.3, -0.25) is 4.79 Å². The largest absolute Gasteiger partial charge is 0.488 e. The van der Waals surface area contributed by atoms with Crippen molar-refractivity contribution in [3.8, 4) is 5.75 Å². The number of nitrogens with two attached hydrogens (primary N) is 2. The predicted octanol–water partition coefficient (Wildman–Crippen LogP) is 2.01. The summed E-state index contributed by atoms with van der Waals surface area (Å²) in [7, 11) is 0. The molecule has 5 N–H and O–H groups in total. The Kier molecular flexibility index (Phi) is 4.37. The van der Waals surface area contributed by atoms with Crippen LogP contribution in [0, 0.1) is 5.82 Å². The fourth-order valence-electron chi connectivity index (χ4n) is 1.59. The summed E-state index contributed by atoms with van der Waals surface area (Å²) in [6.07, 6.45) is -0.175. The highest BCUT2D eigenvalue weighted by molar-refractivity contribution is 7.99. The summed E-state index contributed by atoms with van der Waals surface area (Å²) in [4.78, 5) is 18.4. The maximum Gasteiger partial charge on any atom is 0.253 e. The van der Waals surface area contributed by atoms with E-state index in [-0.39, 0.29) is 34.1 Å². The number of hydrogen-bond donors (Lipinski definition) is 3. The third-order valence-corrected chi connectivity index (χ3v) is 3.33. The molecule has 0 saturated heterocycles. The van der Waals surface area contributed by atoms with E-state index in [4.69, 9.17) is 16.2 Å². The van der Waals surface area contributed by atoms with Crippen LogP contribution in [0.2, 0.25) is 0 Å². The number of anilines is 2. The number of hydrogen-bond acceptors (Lipinski definition) is 6. The zero-order chi connectivity index (χ0) is 15.6. The quantitative estimate of drug-likeness (QED) is 0.589. The van der Waals surface area contributed by atoms with E-state index in [0.29, 0.717) is 4.90 Å². The molecule has 1 heterocycles. The van der Waals surface area contributed by atoms with Gasteiger partial charge in [0, 0.05) is 22.7 Å². The number of nitrogen functional groups attached to an aromatic ring is 2. The minimum Gasteiger partial charge on any atom is -0.488 e. The molecule has 1 aromatic carbocycles. The van der Waals surface area contributed by atoms with Crippen molar-refractivity contribution in [1.29, 1.82) is 0 Å². The van der Waals surface area contributed by atoms with Gasteiger partial charge in [0.05, 0.1) is 6.10 Å². The second-order valence-electron chi connectivity index (χ2n) is 4.56. The van der Waals surface area contributed by atoms with Gasteiger partial charge in [0.1, 0.15) is 5.82 Å². The molecule has 6 nitrogen and oxygen atoms in total. The monoisotopic (exact) mass is 310 g/mol. The first kappa shape index (κ1) is 15.2. The van der Waals surface area contributed by atoms with Crippen molar-refractivity contribution < 1.29 is 9.13 Å². The molecule has 0 aliphatic carbocycles. The first-order chi connectivity index (χ1) is 9.85. The van der Waals surface area contributed by atoms with Gasteiger partial charge in [-0.05, 0) is 31.7 Å². The maximum absolute atomic E-state index is 13.8. The SMILES string of the molecule is CC(C)Oc1cc(Sc2nc(N)cc(=O)[nH]2)c(N)cc1F. The summed E-state index contributed by atoms with van der Waals surface area (Å²) < 4.78 is 19.1. The number of ether oxygens (including phenoxy) is 1. The predicted molar refractivity (Wildman–Crippen MR) is 80.0 cm³/mol. The lowest BCUT2D eigenvalue weighted by Crippen LogP contribution is -2.10. The molecule has 112 valence electrons. The molecule has 0 saturated carbocycles. The van der Waals surface area contributed by atoms with E-state index >= 15 is 0 Å². The van der Waals surface area contributed by atoms with Crippen LogP contribution in [0.15, 0.2) is 33.0 Å². The molecule has 0 bridgehead atoms. The number of halogens is 1. The normalized spacial score (nSPS) is 10.9. The lowest BCUT2D eigenvalue weighted by Gasteiger charge is -2.13. The number of nitrogens with one attached hydrogen (secondary N) is 1. The van der Waals surface area contributed by atoms with Crippen molar-refractivity contribution in [2.24, 2.45) is 0 Å². The summed E-state index contributed by atoms with van der Waals surface area (Å²) in [5.74, 6) is -0.354. The van der Waals surface area contributed by atoms with E-state index in [2.05, 4.69) is 9.97 Å². The fourth-order valence-corrected chi connectivity index (χ4v) is 2.44. The molecule has 0 aliphatic heterocycles. The molecular weight excluding hydrogens is 295 g/mol. The van der Waals surface area contributed by atoms with E-state index in [1.807, 2.05) is 0 Å². The first-order valence-corrected chi connectivity index (χ1v) is 6.97. The van der Waals surface area contributed by atoms with Crippen molar-refractivity contribution in [2.75, 3.05) is 11.5 Å². The zero-order valence-electron chi connectivity index (χ0n) is 11.5. The molecule has 21 heavy (non-hydrogen) atoms. The lowest BCUT2D eigenvalue weighted by molar-refractivity contribution is 0.230.